The normalized spacial score (nSPS) is 12.2. The van der Waals surface area contributed by atoms with Crippen LogP contribution < -0.4 is 5.73 Å². The average molecular weight is 297 g/mol. The molecule has 2 N–H and O–H groups in total. The molecule has 0 atom stereocenters. The van der Waals surface area contributed by atoms with Gasteiger partial charge in [-0.2, -0.15) is 0 Å². The van der Waals surface area contributed by atoms with E-state index in [2.05, 4.69) is 35.3 Å². The zero-order chi connectivity index (χ0) is 14.8. The summed E-state index contributed by atoms with van der Waals surface area (Å²) in [6, 6.07) is 1.84. The third-order valence-corrected chi connectivity index (χ3v) is 3.15. The number of hydrogen-bond acceptors (Lipinski definition) is 4. The van der Waals surface area contributed by atoms with Gasteiger partial charge < -0.3 is 15.0 Å². The highest BCUT2D eigenvalue weighted by molar-refractivity contribution is 6.31. The van der Waals surface area contributed by atoms with Crippen molar-refractivity contribution >= 4 is 22.8 Å². The van der Waals surface area contributed by atoms with Crippen LogP contribution >= 0.6 is 11.6 Å². The summed E-state index contributed by atoms with van der Waals surface area (Å²) in [6.07, 6.45) is 1.65. The van der Waals surface area contributed by atoms with Gasteiger partial charge in [-0.25, -0.2) is 9.97 Å². The minimum atomic E-state index is -0.0684. The molecule has 2 heterocycles. The maximum Gasteiger partial charge on any atom is 0.160 e. The summed E-state index contributed by atoms with van der Waals surface area (Å²) in [7, 11) is 0. The average Bonchev–Trinajstić information content (AvgIpc) is 2.72. The molecule has 0 aliphatic rings. The molecular formula is C14H21ClN4O. The molecule has 0 aliphatic heterocycles. The lowest BCUT2D eigenvalue weighted by molar-refractivity contribution is 0.132. The van der Waals surface area contributed by atoms with Crippen LogP contribution in [0.3, 0.4) is 0 Å². The number of nitrogens with zero attached hydrogens (tertiary/aromatic N) is 3. The van der Waals surface area contributed by atoms with Gasteiger partial charge in [0.15, 0.2) is 5.65 Å². The van der Waals surface area contributed by atoms with Gasteiger partial charge in [0, 0.05) is 24.7 Å². The topological polar surface area (TPSA) is 66.0 Å². The summed E-state index contributed by atoms with van der Waals surface area (Å²) in [5.74, 6) is 0.985. The number of rotatable bonds is 5. The van der Waals surface area contributed by atoms with Gasteiger partial charge in [-0.3, -0.25) is 0 Å². The predicted molar refractivity (Wildman–Crippen MR) is 81.1 cm³/mol. The van der Waals surface area contributed by atoms with E-state index in [1.54, 1.807) is 6.20 Å². The minimum Gasteiger partial charge on any atom is -0.378 e. The van der Waals surface area contributed by atoms with E-state index < -0.39 is 0 Å². The predicted octanol–water partition coefficient (Wildman–Crippen LogP) is 2.36. The molecule has 2 aromatic heterocycles. The van der Waals surface area contributed by atoms with Crippen molar-refractivity contribution in [3.8, 4) is 0 Å². The molecule has 0 fully saturated rings. The maximum absolute atomic E-state index is 5.99. The molecule has 0 radical (unpaired) electrons. The Morgan fingerprint density at radius 2 is 2.10 bits per heavy atom. The molecule has 110 valence electrons. The largest absolute Gasteiger partial charge is 0.378 e. The van der Waals surface area contributed by atoms with Crippen LogP contribution in [0.25, 0.3) is 11.2 Å². The van der Waals surface area contributed by atoms with Crippen molar-refractivity contribution in [3.05, 3.63) is 23.1 Å². The van der Waals surface area contributed by atoms with Crippen molar-refractivity contribution in [3.63, 3.8) is 0 Å². The summed E-state index contributed by atoms with van der Waals surface area (Å²) in [5, 5.41) is 0.599. The molecule has 6 heteroatoms. The Balaban J connectivity index is 2.37. The lowest BCUT2D eigenvalue weighted by Gasteiger charge is -2.19. The van der Waals surface area contributed by atoms with Crippen LogP contribution in [0.4, 0.5) is 0 Å². The number of pyridine rings is 1. The van der Waals surface area contributed by atoms with Gasteiger partial charge in [0.05, 0.1) is 18.2 Å². The first-order chi connectivity index (χ1) is 9.43. The number of halogens is 1. The van der Waals surface area contributed by atoms with E-state index in [0.29, 0.717) is 31.3 Å². The molecule has 0 unspecified atom stereocenters. The van der Waals surface area contributed by atoms with Gasteiger partial charge in [0.25, 0.3) is 0 Å². The Morgan fingerprint density at radius 3 is 2.75 bits per heavy atom. The number of ether oxygens (including phenoxy) is 1. The lowest BCUT2D eigenvalue weighted by Crippen LogP contribution is -2.21. The van der Waals surface area contributed by atoms with Crippen LogP contribution in [0.1, 0.15) is 26.6 Å². The second-order valence-electron chi connectivity index (χ2n) is 5.73. The van der Waals surface area contributed by atoms with Crippen LogP contribution in [-0.4, -0.2) is 34.3 Å². The molecule has 0 bridgehead atoms. The molecule has 2 aromatic rings. The van der Waals surface area contributed by atoms with Gasteiger partial charge in [0.1, 0.15) is 11.3 Å². The van der Waals surface area contributed by atoms with Gasteiger partial charge in [-0.05, 0) is 6.07 Å². The second-order valence-corrected chi connectivity index (χ2v) is 6.17. The van der Waals surface area contributed by atoms with Gasteiger partial charge in [-0.15, -0.1) is 0 Å². The van der Waals surface area contributed by atoms with E-state index in [0.717, 1.165) is 17.0 Å². The number of aromatic nitrogens is 3. The third kappa shape index (κ3) is 3.29. The highest BCUT2D eigenvalue weighted by Crippen LogP contribution is 2.26. The number of imidazole rings is 1. The van der Waals surface area contributed by atoms with E-state index in [1.807, 2.05) is 6.07 Å². The lowest BCUT2D eigenvalue weighted by atomic mass is 9.96. The highest BCUT2D eigenvalue weighted by atomic mass is 35.5. The van der Waals surface area contributed by atoms with E-state index in [9.17, 15) is 0 Å². The van der Waals surface area contributed by atoms with Crippen molar-refractivity contribution in [1.82, 2.24) is 14.5 Å². The summed E-state index contributed by atoms with van der Waals surface area (Å²) in [4.78, 5) is 9.08. The van der Waals surface area contributed by atoms with Crippen molar-refractivity contribution in [2.45, 2.75) is 32.7 Å². The van der Waals surface area contributed by atoms with Crippen molar-refractivity contribution in [2.75, 3.05) is 19.8 Å². The minimum absolute atomic E-state index is 0.0684. The standard InChI is InChI=1S/C14H21ClN4O/c1-14(2,3)13-18-11-8-10(15)9-17-12(11)19(13)5-7-20-6-4-16/h8-9H,4-7,16H2,1-3H3. The number of hydrogen-bond donors (Lipinski definition) is 1. The number of nitrogens with two attached hydrogens (primary N) is 1. The molecule has 0 aliphatic carbocycles. The number of fused-ring (bicyclic) bond motifs is 1. The fraction of sp³-hybridized carbons (Fsp3) is 0.571. The maximum atomic E-state index is 5.99. The fourth-order valence-corrected chi connectivity index (χ4v) is 2.26. The van der Waals surface area contributed by atoms with Crippen LogP contribution in [0, 0.1) is 0 Å². The van der Waals surface area contributed by atoms with Crippen LogP contribution in [0.5, 0.6) is 0 Å². The van der Waals surface area contributed by atoms with Gasteiger partial charge >= 0.3 is 0 Å². The highest BCUT2D eigenvalue weighted by Gasteiger charge is 2.23. The van der Waals surface area contributed by atoms with E-state index in [-0.39, 0.29) is 5.41 Å². The van der Waals surface area contributed by atoms with Gasteiger partial charge in [0.2, 0.25) is 0 Å². The molecule has 0 saturated carbocycles. The van der Waals surface area contributed by atoms with Crippen LogP contribution in [0.15, 0.2) is 12.3 Å². The molecule has 2 rings (SSSR count). The molecule has 0 saturated heterocycles. The molecule has 5 nitrogen and oxygen atoms in total. The second kappa shape index (κ2) is 6.08. The van der Waals surface area contributed by atoms with Crippen molar-refractivity contribution < 1.29 is 4.74 Å². The van der Waals surface area contributed by atoms with Gasteiger partial charge in [-0.1, -0.05) is 32.4 Å². The van der Waals surface area contributed by atoms with E-state index >= 15 is 0 Å². The smallest absolute Gasteiger partial charge is 0.160 e. The Morgan fingerprint density at radius 1 is 1.35 bits per heavy atom. The molecule has 20 heavy (non-hydrogen) atoms. The SMILES string of the molecule is CC(C)(C)c1nc2cc(Cl)cnc2n1CCOCCN. The van der Waals surface area contributed by atoms with Crippen LogP contribution in [0.2, 0.25) is 5.02 Å². The molecular weight excluding hydrogens is 276 g/mol. The first-order valence-corrected chi connectivity index (χ1v) is 7.11. The summed E-state index contributed by atoms with van der Waals surface area (Å²) < 4.78 is 7.57. The Hall–Kier alpha value is -1.17. The summed E-state index contributed by atoms with van der Waals surface area (Å²) in [6.45, 7) is 8.79. The van der Waals surface area contributed by atoms with E-state index in [1.165, 1.54) is 0 Å². The monoisotopic (exact) mass is 296 g/mol. The van der Waals surface area contributed by atoms with E-state index in [4.69, 9.17) is 22.1 Å². The quantitative estimate of drug-likeness (QED) is 0.860. The molecule has 0 spiro atoms. The molecule has 0 aromatic carbocycles. The Bertz CT molecular complexity index is 589. The first kappa shape index (κ1) is 15.2. The summed E-state index contributed by atoms with van der Waals surface area (Å²) >= 11 is 5.99. The molecule has 0 amide bonds. The first-order valence-electron chi connectivity index (χ1n) is 6.73. The van der Waals surface area contributed by atoms with Crippen molar-refractivity contribution in [1.29, 1.82) is 0 Å². The van der Waals surface area contributed by atoms with Crippen molar-refractivity contribution in [2.24, 2.45) is 5.73 Å². The zero-order valence-electron chi connectivity index (χ0n) is 12.2. The summed E-state index contributed by atoms with van der Waals surface area (Å²) in [5.41, 5.74) is 7.02. The zero-order valence-corrected chi connectivity index (χ0v) is 12.9. The van der Waals surface area contributed by atoms with Crippen LogP contribution in [-0.2, 0) is 16.7 Å². The Labute approximate surface area is 124 Å². The third-order valence-electron chi connectivity index (χ3n) is 2.94. The fourth-order valence-electron chi connectivity index (χ4n) is 2.11. The Kier molecular flexibility index (Phi) is 4.62.